The Morgan fingerprint density at radius 1 is 1.48 bits per heavy atom. The van der Waals surface area contributed by atoms with Crippen LogP contribution in [0.4, 0.5) is 0 Å². The van der Waals surface area contributed by atoms with Crippen molar-refractivity contribution in [1.82, 2.24) is 4.57 Å². The number of rotatable bonds is 4. The zero-order chi connectivity index (χ0) is 15.1. The summed E-state index contributed by atoms with van der Waals surface area (Å²) in [4.78, 5) is 23.5. The maximum Gasteiger partial charge on any atom is 0.341 e. The van der Waals surface area contributed by atoms with E-state index in [1.54, 1.807) is 6.07 Å². The first-order valence-electron chi connectivity index (χ1n) is 6.77. The smallest absolute Gasteiger partial charge is 0.341 e. The molecule has 0 radical (unpaired) electrons. The highest BCUT2D eigenvalue weighted by atomic mass is 35.5. The molecular formula is C15H14ClNO4. The zero-order valence-electron chi connectivity index (χ0n) is 11.4. The van der Waals surface area contributed by atoms with E-state index in [9.17, 15) is 14.7 Å². The molecule has 0 unspecified atom stereocenters. The first kappa shape index (κ1) is 13.9. The van der Waals surface area contributed by atoms with Crippen LogP contribution in [-0.2, 0) is 0 Å². The topological polar surface area (TPSA) is 68.5 Å². The van der Waals surface area contributed by atoms with Gasteiger partial charge in [-0.05, 0) is 25.8 Å². The fourth-order valence-electron chi connectivity index (χ4n) is 2.42. The molecule has 0 aliphatic heterocycles. The Labute approximate surface area is 125 Å². The van der Waals surface area contributed by atoms with Crippen molar-refractivity contribution in [2.24, 2.45) is 0 Å². The molecule has 5 nitrogen and oxygen atoms in total. The van der Waals surface area contributed by atoms with Crippen LogP contribution in [0.1, 0.15) is 36.2 Å². The van der Waals surface area contributed by atoms with Gasteiger partial charge in [-0.15, -0.1) is 0 Å². The molecule has 1 aromatic heterocycles. The summed E-state index contributed by atoms with van der Waals surface area (Å²) in [5.41, 5.74) is -0.0747. The summed E-state index contributed by atoms with van der Waals surface area (Å²) >= 11 is 6.11. The summed E-state index contributed by atoms with van der Waals surface area (Å²) in [6, 6.07) is 3.45. The van der Waals surface area contributed by atoms with E-state index in [0.29, 0.717) is 28.3 Å². The Balaban J connectivity index is 2.35. The van der Waals surface area contributed by atoms with Crippen molar-refractivity contribution >= 4 is 28.5 Å². The third kappa shape index (κ3) is 2.38. The monoisotopic (exact) mass is 307 g/mol. The van der Waals surface area contributed by atoms with Crippen LogP contribution in [-0.4, -0.2) is 22.2 Å². The third-order valence-electron chi connectivity index (χ3n) is 3.56. The van der Waals surface area contributed by atoms with Gasteiger partial charge in [0.05, 0.1) is 17.1 Å². The molecular weight excluding hydrogens is 294 g/mol. The number of hydrogen-bond acceptors (Lipinski definition) is 3. The number of hydrogen-bond donors (Lipinski definition) is 1. The Bertz CT molecular complexity index is 792. The molecule has 0 bridgehead atoms. The minimum atomic E-state index is -1.22. The van der Waals surface area contributed by atoms with Crippen molar-refractivity contribution in [3.63, 3.8) is 0 Å². The van der Waals surface area contributed by atoms with Crippen LogP contribution in [0.25, 0.3) is 10.9 Å². The van der Waals surface area contributed by atoms with Gasteiger partial charge in [-0.25, -0.2) is 4.79 Å². The highest BCUT2D eigenvalue weighted by Crippen LogP contribution is 2.38. The number of carboxylic acid groups (broad SMARTS) is 1. The Morgan fingerprint density at radius 3 is 2.76 bits per heavy atom. The Kier molecular flexibility index (Phi) is 3.37. The second-order valence-electron chi connectivity index (χ2n) is 5.05. The van der Waals surface area contributed by atoms with E-state index >= 15 is 0 Å². The molecule has 1 N–H and O–H groups in total. The lowest BCUT2D eigenvalue weighted by atomic mass is 10.1. The Morgan fingerprint density at radius 2 is 2.19 bits per heavy atom. The van der Waals surface area contributed by atoms with Crippen LogP contribution in [0.5, 0.6) is 5.75 Å². The lowest BCUT2D eigenvalue weighted by Crippen LogP contribution is -2.18. The van der Waals surface area contributed by atoms with E-state index in [2.05, 4.69) is 0 Å². The summed E-state index contributed by atoms with van der Waals surface area (Å²) < 4.78 is 7.30. The molecule has 110 valence electrons. The molecule has 1 saturated carbocycles. The molecule has 21 heavy (non-hydrogen) atoms. The summed E-state index contributed by atoms with van der Waals surface area (Å²) in [5, 5.41) is 9.82. The highest BCUT2D eigenvalue weighted by Gasteiger charge is 2.27. The van der Waals surface area contributed by atoms with Crippen LogP contribution in [0.2, 0.25) is 5.02 Å². The fraction of sp³-hybridized carbons (Fsp3) is 0.333. The predicted octanol–water partition coefficient (Wildman–Crippen LogP) is 3.09. The lowest BCUT2D eigenvalue weighted by Gasteiger charge is -2.14. The third-order valence-corrected chi connectivity index (χ3v) is 3.85. The maximum absolute atomic E-state index is 12.3. The summed E-state index contributed by atoms with van der Waals surface area (Å²) in [6.45, 7) is 2.31. The SMILES string of the molecule is CCOc1cc2c(cc1Cl)c(=O)c(C(=O)O)cn2C1CC1. The van der Waals surface area contributed by atoms with Crippen molar-refractivity contribution < 1.29 is 14.6 Å². The van der Waals surface area contributed by atoms with Crippen molar-refractivity contribution in [2.75, 3.05) is 6.61 Å². The molecule has 3 rings (SSSR count). The average Bonchev–Trinajstić information content (AvgIpc) is 3.25. The molecule has 1 heterocycles. The van der Waals surface area contributed by atoms with Gasteiger partial charge in [0.15, 0.2) is 0 Å². The second-order valence-corrected chi connectivity index (χ2v) is 5.46. The molecule has 1 aromatic carbocycles. The van der Waals surface area contributed by atoms with E-state index in [-0.39, 0.29) is 11.6 Å². The van der Waals surface area contributed by atoms with Gasteiger partial charge in [-0.3, -0.25) is 4.79 Å². The number of pyridine rings is 1. The largest absolute Gasteiger partial charge is 0.492 e. The summed E-state index contributed by atoms with van der Waals surface area (Å²) in [6.07, 6.45) is 3.38. The number of carbonyl (C=O) groups is 1. The Hall–Kier alpha value is -2.01. The standard InChI is InChI=1S/C15H14ClNO4/c1-2-21-13-6-12-9(5-11(13)16)14(18)10(15(19)20)7-17(12)8-3-4-8/h5-8H,2-4H2,1H3,(H,19,20). The minimum Gasteiger partial charge on any atom is -0.492 e. The van der Waals surface area contributed by atoms with Crippen molar-refractivity contribution in [3.05, 3.63) is 39.1 Å². The van der Waals surface area contributed by atoms with Gasteiger partial charge in [0.2, 0.25) is 5.43 Å². The van der Waals surface area contributed by atoms with Crippen LogP contribution < -0.4 is 10.2 Å². The molecule has 0 atom stereocenters. The highest BCUT2D eigenvalue weighted by molar-refractivity contribution is 6.32. The minimum absolute atomic E-state index is 0.227. The number of ether oxygens (including phenoxy) is 1. The second kappa shape index (κ2) is 5.07. The van der Waals surface area contributed by atoms with Crippen LogP contribution >= 0.6 is 11.6 Å². The molecule has 6 heteroatoms. The van der Waals surface area contributed by atoms with E-state index in [1.807, 2.05) is 11.5 Å². The normalized spacial score (nSPS) is 14.4. The predicted molar refractivity (Wildman–Crippen MR) is 79.6 cm³/mol. The first-order chi connectivity index (χ1) is 10.0. The maximum atomic E-state index is 12.3. The van der Waals surface area contributed by atoms with Gasteiger partial charge in [0.1, 0.15) is 11.3 Å². The molecule has 0 saturated heterocycles. The van der Waals surface area contributed by atoms with Gasteiger partial charge in [-0.2, -0.15) is 0 Å². The lowest BCUT2D eigenvalue weighted by molar-refractivity contribution is 0.0695. The number of fused-ring (bicyclic) bond motifs is 1. The van der Waals surface area contributed by atoms with Crippen LogP contribution in [0.3, 0.4) is 0 Å². The number of carboxylic acids is 1. The average molecular weight is 308 g/mol. The number of aromatic nitrogens is 1. The van der Waals surface area contributed by atoms with E-state index in [0.717, 1.165) is 12.8 Å². The van der Waals surface area contributed by atoms with Gasteiger partial charge in [0.25, 0.3) is 0 Å². The number of halogens is 1. The zero-order valence-corrected chi connectivity index (χ0v) is 12.2. The van der Waals surface area contributed by atoms with Crippen LogP contribution in [0, 0.1) is 0 Å². The summed E-state index contributed by atoms with van der Waals surface area (Å²) in [5.74, 6) is -0.718. The van der Waals surface area contributed by atoms with Gasteiger partial charge >= 0.3 is 5.97 Å². The molecule has 1 fully saturated rings. The van der Waals surface area contributed by atoms with E-state index < -0.39 is 11.4 Å². The van der Waals surface area contributed by atoms with E-state index in [4.69, 9.17) is 16.3 Å². The van der Waals surface area contributed by atoms with Crippen molar-refractivity contribution in [2.45, 2.75) is 25.8 Å². The first-order valence-corrected chi connectivity index (χ1v) is 7.15. The number of nitrogens with zero attached hydrogens (tertiary/aromatic N) is 1. The molecule has 0 amide bonds. The molecule has 1 aliphatic rings. The number of benzene rings is 1. The van der Waals surface area contributed by atoms with Gasteiger partial charge < -0.3 is 14.4 Å². The van der Waals surface area contributed by atoms with Crippen molar-refractivity contribution in [1.29, 1.82) is 0 Å². The number of aromatic carboxylic acids is 1. The quantitative estimate of drug-likeness (QED) is 0.942. The van der Waals surface area contributed by atoms with E-state index in [1.165, 1.54) is 12.3 Å². The summed E-state index contributed by atoms with van der Waals surface area (Å²) in [7, 11) is 0. The molecule has 1 aliphatic carbocycles. The van der Waals surface area contributed by atoms with Crippen molar-refractivity contribution in [3.8, 4) is 5.75 Å². The van der Waals surface area contributed by atoms with Crippen LogP contribution in [0.15, 0.2) is 23.1 Å². The molecule has 2 aromatic rings. The van der Waals surface area contributed by atoms with Gasteiger partial charge in [0, 0.05) is 23.7 Å². The van der Waals surface area contributed by atoms with Gasteiger partial charge in [-0.1, -0.05) is 11.6 Å². The fourth-order valence-corrected chi connectivity index (χ4v) is 2.64. The molecule has 0 spiro atoms.